The summed E-state index contributed by atoms with van der Waals surface area (Å²) in [6.45, 7) is 7.15. The first-order chi connectivity index (χ1) is 8.89. The van der Waals surface area contributed by atoms with Crippen molar-refractivity contribution >= 4 is 5.91 Å². The quantitative estimate of drug-likeness (QED) is 0.845. The second-order valence-corrected chi connectivity index (χ2v) is 6.67. The summed E-state index contributed by atoms with van der Waals surface area (Å²) in [5.41, 5.74) is 6.09. The summed E-state index contributed by atoms with van der Waals surface area (Å²) < 4.78 is 5.74. The Morgan fingerprint density at radius 2 is 2.11 bits per heavy atom. The van der Waals surface area contributed by atoms with Crippen LogP contribution in [0, 0.1) is 11.3 Å². The summed E-state index contributed by atoms with van der Waals surface area (Å²) in [7, 11) is 1.93. The molecule has 1 amide bonds. The Morgan fingerprint density at radius 3 is 2.58 bits per heavy atom. The van der Waals surface area contributed by atoms with E-state index in [0.29, 0.717) is 0 Å². The Bertz CT molecular complexity index is 343. The fourth-order valence-electron chi connectivity index (χ4n) is 3.72. The molecule has 0 aromatic heterocycles. The minimum absolute atomic E-state index is 0.0342. The fraction of sp³-hybridized carbons (Fsp3) is 0.933. The molecule has 0 aromatic carbocycles. The number of nitrogens with two attached hydrogens (primary N) is 1. The van der Waals surface area contributed by atoms with Crippen molar-refractivity contribution in [2.45, 2.75) is 64.6 Å². The second kappa shape index (κ2) is 5.41. The largest absolute Gasteiger partial charge is 0.378 e. The zero-order valence-corrected chi connectivity index (χ0v) is 12.7. The molecule has 2 aliphatic rings. The van der Waals surface area contributed by atoms with Crippen molar-refractivity contribution in [1.82, 2.24) is 4.90 Å². The highest BCUT2D eigenvalue weighted by atomic mass is 16.5. The van der Waals surface area contributed by atoms with E-state index in [-0.39, 0.29) is 35.4 Å². The first-order valence-corrected chi connectivity index (χ1v) is 7.53. The van der Waals surface area contributed by atoms with Crippen LogP contribution in [0.1, 0.15) is 46.5 Å². The summed E-state index contributed by atoms with van der Waals surface area (Å²) in [6.07, 6.45) is 4.24. The zero-order valence-electron chi connectivity index (χ0n) is 12.7. The Labute approximate surface area is 116 Å². The van der Waals surface area contributed by atoms with E-state index in [1.165, 1.54) is 0 Å². The van der Waals surface area contributed by atoms with Crippen LogP contribution in [0.5, 0.6) is 0 Å². The van der Waals surface area contributed by atoms with Gasteiger partial charge in [0.25, 0.3) is 0 Å². The van der Waals surface area contributed by atoms with Gasteiger partial charge in [0, 0.05) is 31.2 Å². The highest BCUT2D eigenvalue weighted by Crippen LogP contribution is 2.46. The number of carbonyl (C=O) groups excluding carboxylic acids is 1. The van der Waals surface area contributed by atoms with Gasteiger partial charge in [0.1, 0.15) is 0 Å². The molecular weight excluding hydrogens is 240 g/mol. The van der Waals surface area contributed by atoms with E-state index in [1.54, 1.807) is 0 Å². The van der Waals surface area contributed by atoms with Gasteiger partial charge in [-0.05, 0) is 26.2 Å². The van der Waals surface area contributed by atoms with Gasteiger partial charge in [-0.3, -0.25) is 4.79 Å². The van der Waals surface area contributed by atoms with Gasteiger partial charge in [-0.25, -0.2) is 0 Å². The number of rotatable bonds is 4. The monoisotopic (exact) mass is 268 g/mol. The highest BCUT2D eigenvalue weighted by molar-refractivity contribution is 5.80. The van der Waals surface area contributed by atoms with Crippen LogP contribution in [0.15, 0.2) is 0 Å². The van der Waals surface area contributed by atoms with Gasteiger partial charge in [0.15, 0.2) is 0 Å². The SMILES string of the molecule is CCO[C@@H]1C[C@H](N(C)C(=O)[C@H]2CCC[C@H]2N)C1(C)C. The first kappa shape index (κ1) is 14.8. The number of carbonyl (C=O) groups is 1. The van der Waals surface area contributed by atoms with Gasteiger partial charge < -0.3 is 15.4 Å². The molecule has 2 saturated carbocycles. The van der Waals surface area contributed by atoms with E-state index >= 15 is 0 Å². The van der Waals surface area contributed by atoms with Crippen molar-refractivity contribution in [3.63, 3.8) is 0 Å². The van der Waals surface area contributed by atoms with Gasteiger partial charge in [-0.1, -0.05) is 20.3 Å². The molecular formula is C15H28N2O2. The summed E-state index contributed by atoms with van der Waals surface area (Å²) in [4.78, 5) is 14.5. The molecule has 4 nitrogen and oxygen atoms in total. The summed E-state index contributed by atoms with van der Waals surface area (Å²) in [5.74, 6) is 0.268. The average Bonchev–Trinajstić information content (AvgIpc) is 2.78. The molecule has 0 unspecified atom stereocenters. The van der Waals surface area contributed by atoms with Crippen molar-refractivity contribution < 1.29 is 9.53 Å². The van der Waals surface area contributed by atoms with E-state index in [0.717, 1.165) is 32.3 Å². The van der Waals surface area contributed by atoms with Crippen LogP contribution >= 0.6 is 0 Å². The van der Waals surface area contributed by atoms with Gasteiger partial charge in [0.2, 0.25) is 5.91 Å². The maximum Gasteiger partial charge on any atom is 0.227 e. The predicted octanol–water partition coefficient (Wildman–Crippen LogP) is 1.78. The lowest BCUT2D eigenvalue weighted by Crippen LogP contribution is -2.63. The van der Waals surface area contributed by atoms with E-state index in [4.69, 9.17) is 10.5 Å². The normalized spacial score (nSPS) is 36.9. The number of hydrogen-bond acceptors (Lipinski definition) is 3. The van der Waals surface area contributed by atoms with Crippen LogP contribution in [-0.2, 0) is 9.53 Å². The van der Waals surface area contributed by atoms with E-state index in [2.05, 4.69) is 13.8 Å². The molecule has 0 radical (unpaired) electrons. The predicted molar refractivity (Wildman–Crippen MR) is 75.7 cm³/mol. The van der Waals surface area contributed by atoms with Gasteiger partial charge in [-0.2, -0.15) is 0 Å². The third-order valence-electron chi connectivity index (χ3n) is 5.20. The number of hydrogen-bond donors (Lipinski definition) is 1. The van der Waals surface area contributed by atoms with Gasteiger partial charge >= 0.3 is 0 Å². The van der Waals surface area contributed by atoms with Crippen molar-refractivity contribution in [3.8, 4) is 0 Å². The highest BCUT2D eigenvalue weighted by Gasteiger charge is 2.52. The van der Waals surface area contributed by atoms with Crippen molar-refractivity contribution in [2.75, 3.05) is 13.7 Å². The Hall–Kier alpha value is -0.610. The Kier molecular flexibility index (Phi) is 4.21. The Morgan fingerprint density at radius 1 is 1.42 bits per heavy atom. The van der Waals surface area contributed by atoms with Crippen LogP contribution in [0.25, 0.3) is 0 Å². The lowest BCUT2D eigenvalue weighted by molar-refractivity contribution is -0.166. The molecule has 0 saturated heterocycles. The third-order valence-corrected chi connectivity index (χ3v) is 5.20. The lowest BCUT2D eigenvalue weighted by atomic mass is 9.63. The zero-order chi connectivity index (χ0) is 14.2. The molecule has 0 spiro atoms. The van der Waals surface area contributed by atoms with Crippen LogP contribution in [0.2, 0.25) is 0 Å². The minimum atomic E-state index is 0.0342. The molecule has 0 aromatic rings. The van der Waals surface area contributed by atoms with E-state index in [9.17, 15) is 4.79 Å². The topological polar surface area (TPSA) is 55.6 Å². The third kappa shape index (κ3) is 2.52. The molecule has 2 aliphatic carbocycles. The van der Waals surface area contributed by atoms with Crippen LogP contribution < -0.4 is 5.73 Å². The Balaban J connectivity index is 1.97. The lowest BCUT2D eigenvalue weighted by Gasteiger charge is -2.55. The van der Waals surface area contributed by atoms with Crippen LogP contribution in [-0.4, -0.2) is 42.6 Å². The van der Waals surface area contributed by atoms with Crippen LogP contribution in [0.3, 0.4) is 0 Å². The average molecular weight is 268 g/mol. The maximum atomic E-state index is 12.5. The summed E-state index contributed by atoms with van der Waals surface area (Å²) in [5, 5.41) is 0. The summed E-state index contributed by atoms with van der Waals surface area (Å²) >= 11 is 0. The molecule has 2 rings (SSSR count). The minimum Gasteiger partial charge on any atom is -0.378 e. The van der Waals surface area contributed by atoms with Crippen molar-refractivity contribution in [1.29, 1.82) is 0 Å². The van der Waals surface area contributed by atoms with E-state index < -0.39 is 0 Å². The molecule has 0 bridgehead atoms. The standard InChI is InChI=1S/C15H28N2O2/c1-5-19-13-9-12(15(13,2)3)17(4)14(18)10-7-6-8-11(10)16/h10-13H,5-9,16H2,1-4H3/t10-,11+,12-,13+/m0/s1. The molecule has 110 valence electrons. The van der Waals surface area contributed by atoms with Gasteiger partial charge in [-0.15, -0.1) is 0 Å². The number of ether oxygens (including phenoxy) is 1. The number of amides is 1. The fourth-order valence-corrected chi connectivity index (χ4v) is 3.72. The maximum absolute atomic E-state index is 12.5. The molecule has 2 fully saturated rings. The van der Waals surface area contributed by atoms with Crippen molar-refractivity contribution in [3.05, 3.63) is 0 Å². The van der Waals surface area contributed by atoms with Gasteiger partial charge in [0.05, 0.1) is 12.0 Å². The summed E-state index contributed by atoms with van der Waals surface area (Å²) in [6, 6.07) is 0.338. The first-order valence-electron chi connectivity index (χ1n) is 7.53. The van der Waals surface area contributed by atoms with E-state index in [1.807, 2.05) is 18.9 Å². The molecule has 19 heavy (non-hydrogen) atoms. The second-order valence-electron chi connectivity index (χ2n) is 6.67. The smallest absolute Gasteiger partial charge is 0.227 e. The number of nitrogens with zero attached hydrogens (tertiary/aromatic N) is 1. The molecule has 4 heteroatoms. The molecule has 2 N–H and O–H groups in total. The molecule has 0 aliphatic heterocycles. The molecule has 4 atom stereocenters. The molecule has 0 heterocycles. The van der Waals surface area contributed by atoms with Crippen molar-refractivity contribution in [2.24, 2.45) is 17.1 Å². The van der Waals surface area contributed by atoms with Crippen LogP contribution in [0.4, 0.5) is 0 Å².